The van der Waals surface area contributed by atoms with Crippen molar-refractivity contribution in [1.29, 1.82) is 0 Å². The first-order chi connectivity index (χ1) is 8.99. The molecule has 0 aromatic heterocycles. The summed E-state index contributed by atoms with van der Waals surface area (Å²) in [6.45, 7) is 0.488. The topological polar surface area (TPSA) is 92.4 Å². The Morgan fingerprint density at radius 3 is 2.63 bits per heavy atom. The van der Waals surface area contributed by atoms with Crippen LogP contribution in [0, 0.1) is 0 Å². The zero-order chi connectivity index (χ0) is 14.3. The highest BCUT2D eigenvalue weighted by molar-refractivity contribution is 7.84. The molecular formula is C13H20N2O3S. The van der Waals surface area contributed by atoms with Gasteiger partial charge in [-0.05, 0) is 30.5 Å². The molecule has 2 atom stereocenters. The number of amides is 1. The molecular weight excluding hydrogens is 264 g/mol. The van der Waals surface area contributed by atoms with Crippen molar-refractivity contribution in [2.75, 3.05) is 18.6 Å². The van der Waals surface area contributed by atoms with Crippen LogP contribution in [0.4, 0.5) is 0 Å². The predicted octanol–water partition coefficient (Wildman–Crippen LogP) is 0.147. The van der Waals surface area contributed by atoms with E-state index in [1.54, 1.807) is 30.5 Å². The van der Waals surface area contributed by atoms with E-state index in [-0.39, 0.29) is 11.7 Å². The number of nitrogens with two attached hydrogens (primary N) is 1. The smallest absolute Gasteiger partial charge is 0.237 e. The molecule has 1 rings (SSSR count). The van der Waals surface area contributed by atoms with Gasteiger partial charge in [-0.1, -0.05) is 12.1 Å². The van der Waals surface area contributed by atoms with Crippen LogP contribution in [0.25, 0.3) is 0 Å². The number of nitrogens with one attached hydrogen (secondary N) is 1. The highest BCUT2D eigenvalue weighted by Crippen LogP contribution is 2.10. The molecule has 4 N–H and O–H groups in total. The van der Waals surface area contributed by atoms with Crippen LogP contribution in [-0.2, 0) is 22.0 Å². The number of phenols is 1. The van der Waals surface area contributed by atoms with Crippen LogP contribution < -0.4 is 11.1 Å². The molecule has 0 spiro atoms. The molecule has 19 heavy (non-hydrogen) atoms. The molecule has 0 aliphatic heterocycles. The molecule has 5 nitrogen and oxygen atoms in total. The summed E-state index contributed by atoms with van der Waals surface area (Å²) in [5.41, 5.74) is 6.69. The summed E-state index contributed by atoms with van der Waals surface area (Å²) in [4.78, 5) is 11.7. The Kier molecular flexibility index (Phi) is 6.52. The van der Waals surface area contributed by atoms with Crippen LogP contribution in [0.15, 0.2) is 24.3 Å². The van der Waals surface area contributed by atoms with Crippen molar-refractivity contribution in [3.63, 3.8) is 0 Å². The highest BCUT2D eigenvalue weighted by Gasteiger charge is 2.13. The van der Waals surface area contributed by atoms with Crippen LogP contribution >= 0.6 is 0 Å². The lowest BCUT2D eigenvalue weighted by Crippen LogP contribution is -2.42. The Balaban J connectivity index is 2.32. The quantitative estimate of drug-likeness (QED) is 0.621. The lowest BCUT2D eigenvalue weighted by Gasteiger charge is -2.12. The van der Waals surface area contributed by atoms with E-state index in [1.807, 2.05) is 0 Å². The monoisotopic (exact) mass is 284 g/mol. The zero-order valence-electron chi connectivity index (χ0n) is 11.0. The Labute approximate surface area is 115 Å². The van der Waals surface area contributed by atoms with Gasteiger partial charge in [-0.25, -0.2) is 0 Å². The Hall–Kier alpha value is -1.40. The molecule has 1 aromatic rings. The van der Waals surface area contributed by atoms with Crippen molar-refractivity contribution < 1.29 is 14.1 Å². The first kappa shape index (κ1) is 15.7. The average Bonchev–Trinajstić information content (AvgIpc) is 2.36. The maximum atomic E-state index is 11.7. The van der Waals surface area contributed by atoms with Gasteiger partial charge >= 0.3 is 0 Å². The maximum Gasteiger partial charge on any atom is 0.237 e. The van der Waals surface area contributed by atoms with Gasteiger partial charge in [0.2, 0.25) is 5.91 Å². The second kappa shape index (κ2) is 7.91. The third kappa shape index (κ3) is 6.35. The first-order valence-corrected chi connectivity index (χ1v) is 7.83. The molecule has 0 aliphatic carbocycles. The Morgan fingerprint density at radius 1 is 1.42 bits per heavy atom. The van der Waals surface area contributed by atoms with Crippen LogP contribution in [0.3, 0.4) is 0 Å². The summed E-state index contributed by atoms with van der Waals surface area (Å²) in [5, 5.41) is 11.9. The van der Waals surface area contributed by atoms with Crippen LogP contribution in [0.5, 0.6) is 5.75 Å². The fourth-order valence-electron chi connectivity index (χ4n) is 1.60. The molecule has 0 fully saturated rings. The largest absolute Gasteiger partial charge is 0.508 e. The molecule has 0 aliphatic rings. The number of phenolic OH excluding ortho intramolecular Hbond substituents is 1. The summed E-state index contributed by atoms with van der Waals surface area (Å²) in [6.07, 6.45) is 2.74. The number of carbonyl (C=O) groups excluding carboxylic acids is 1. The van der Waals surface area contributed by atoms with E-state index in [0.29, 0.717) is 25.1 Å². The molecule has 106 valence electrons. The maximum absolute atomic E-state index is 11.7. The highest BCUT2D eigenvalue weighted by atomic mass is 32.2. The summed E-state index contributed by atoms with van der Waals surface area (Å²) in [7, 11) is -0.831. The van der Waals surface area contributed by atoms with Gasteiger partial charge in [0.1, 0.15) is 5.75 Å². The van der Waals surface area contributed by atoms with Crippen molar-refractivity contribution in [2.24, 2.45) is 5.73 Å². The summed E-state index contributed by atoms with van der Waals surface area (Å²) in [5.74, 6) is 0.553. The SMILES string of the molecule is CS(=O)CCCNC(=O)[C@H](N)Cc1ccc(O)cc1. The number of hydrogen-bond donors (Lipinski definition) is 3. The van der Waals surface area contributed by atoms with E-state index in [2.05, 4.69) is 5.32 Å². The van der Waals surface area contributed by atoms with E-state index in [4.69, 9.17) is 10.8 Å². The Bertz CT molecular complexity index is 434. The molecule has 1 aromatic carbocycles. The van der Waals surface area contributed by atoms with E-state index in [1.165, 1.54) is 0 Å². The lowest BCUT2D eigenvalue weighted by atomic mass is 10.1. The van der Waals surface area contributed by atoms with Gasteiger partial charge in [-0.15, -0.1) is 0 Å². The van der Waals surface area contributed by atoms with Crippen LogP contribution in [0.1, 0.15) is 12.0 Å². The first-order valence-electron chi connectivity index (χ1n) is 6.10. The van der Waals surface area contributed by atoms with Crippen molar-refractivity contribution in [3.05, 3.63) is 29.8 Å². The second-order valence-electron chi connectivity index (χ2n) is 4.40. The fraction of sp³-hybridized carbons (Fsp3) is 0.462. The molecule has 1 unspecified atom stereocenters. The number of rotatable bonds is 7. The van der Waals surface area contributed by atoms with E-state index < -0.39 is 16.8 Å². The minimum absolute atomic E-state index is 0.189. The van der Waals surface area contributed by atoms with Gasteiger partial charge in [-0.2, -0.15) is 0 Å². The van der Waals surface area contributed by atoms with Gasteiger partial charge in [0.15, 0.2) is 0 Å². The molecule has 0 radical (unpaired) electrons. The van der Waals surface area contributed by atoms with Gasteiger partial charge < -0.3 is 16.2 Å². The number of hydrogen-bond acceptors (Lipinski definition) is 4. The van der Waals surface area contributed by atoms with E-state index >= 15 is 0 Å². The standard InChI is InChI=1S/C13H20N2O3S/c1-19(18)8-2-7-15-13(17)12(14)9-10-3-5-11(16)6-4-10/h3-6,12,16H,2,7-9,14H2,1H3,(H,15,17)/t12-,19?/m1/s1. The predicted molar refractivity (Wildman–Crippen MR) is 76.3 cm³/mol. The number of benzene rings is 1. The summed E-state index contributed by atoms with van der Waals surface area (Å²) >= 11 is 0. The van der Waals surface area contributed by atoms with Crippen molar-refractivity contribution in [1.82, 2.24) is 5.32 Å². The lowest BCUT2D eigenvalue weighted by molar-refractivity contribution is -0.122. The van der Waals surface area contributed by atoms with Crippen molar-refractivity contribution in [3.8, 4) is 5.75 Å². The number of carbonyl (C=O) groups is 1. The average molecular weight is 284 g/mol. The minimum Gasteiger partial charge on any atom is -0.508 e. The third-order valence-corrected chi connectivity index (χ3v) is 3.50. The van der Waals surface area contributed by atoms with Gasteiger partial charge in [0.05, 0.1) is 6.04 Å². The van der Waals surface area contributed by atoms with Crippen molar-refractivity contribution >= 4 is 16.7 Å². The van der Waals surface area contributed by atoms with E-state index in [9.17, 15) is 9.00 Å². The van der Waals surface area contributed by atoms with Gasteiger partial charge in [0.25, 0.3) is 0 Å². The summed E-state index contributed by atoms with van der Waals surface area (Å²) < 4.78 is 10.8. The van der Waals surface area contributed by atoms with Gasteiger partial charge in [0, 0.05) is 29.4 Å². The van der Waals surface area contributed by atoms with Crippen molar-refractivity contribution in [2.45, 2.75) is 18.9 Å². The Morgan fingerprint density at radius 2 is 2.05 bits per heavy atom. The van der Waals surface area contributed by atoms with E-state index in [0.717, 1.165) is 5.56 Å². The normalized spacial score (nSPS) is 13.8. The second-order valence-corrected chi connectivity index (χ2v) is 5.95. The van der Waals surface area contributed by atoms with Crippen LogP contribution in [-0.4, -0.2) is 39.8 Å². The molecule has 0 bridgehead atoms. The number of aromatic hydroxyl groups is 1. The molecule has 0 saturated heterocycles. The molecule has 1 amide bonds. The van der Waals surface area contributed by atoms with Gasteiger partial charge in [-0.3, -0.25) is 9.00 Å². The minimum atomic E-state index is -0.831. The third-order valence-electron chi connectivity index (χ3n) is 2.64. The summed E-state index contributed by atoms with van der Waals surface area (Å²) in [6, 6.07) is 6.00. The molecule has 6 heteroatoms. The fourth-order valence-corrected chi connectivity index (χ4v) is 2.15. The van der Waals surface area contributed by atoms with Crippen LogP contribution in [0.2, 0.25) is 0 Å². The molecule has 0 saturated carbocycles. The molecule has 0 heterocycles. The zero-order valence-corrected chi connectivity index (χ0v) is 11.8.